The molecule has 1 rings (SSSR count). The van der Waals surface area contributed by atoms with Crippen molar-refractivity contribution < 1.29 is 5.61 Å². The van der Waals surface area contributed by atoms with Crippen molar-refractivity contribution in [3.8, 4) is 0 Å². The Bertz CT molecular complexity index is 483. The number of rotatable bonds is 4. The molecule has 0 aliphatic heterocycles. The number of para-hydroxylation sites is 1. The molecule has 0 unspecified atom stereocenters. The normalized spacial score (nSPS) is 11.6. The van der Waals surface area contributed by atoms with Gasteiger partial charge in [0.2, 0.25) is 0 Å². The highest BCUT2D eigenvalue weighted by Gasteiger charge is 2.28. The molecule has 3 nitrogen and oxygen atoms in total. The average molecular weight is 345 g/mol. The third-order valence-electron chi connectivity index (χ3n) is 3.58. The van der Waals surface area contributed by atoms with E-state index >= 15 is 0 Å². The molecule has 4 heteroatoms. The Morgan fingerprint density at radius 3 is 2.04 bits per heavy atom. The van der Waals surface area contributed by atoms with Crippen LogP contribution in [0.15, 0.2) is 18.2 Å². The largest absolute Gasteiger partial charge is 0.398 e. The fourth-order valence-corrected chi connectivity index (χ4v) is 2.23. The predicted molar refractivity (Wildman–Crippen MR) is 112 cm³/mol. The summed E-state index contributed by atoms with van der Waals surface area (Å²) in [4.78, 5) is 0. The van der Waals surface area contributed by atoms with Crippen molar-refractivity contribution in [1.29, 1.82) is 5.41 Å². The van der Waals surface area contributed by atoms with Crippen LogP contribution in [0.5, 0.6) is 0 Å². The molecule has 0 saturated carbocycles. The van der Waals surface area contributed by atoms with Gasteiger partial charge in [-0.15, -0.1) is 10.3 Å². The summed E-state index contributed by atoms with van der Waals surface area (Å²) >= 11 is 0. The van der Waals surface area contributed by atoms with Crippen molar-refractivity contribution in [1.82, 2.24) is 0 Å². The van der Waals surface area contributed by atoms with Crippen molar-refractivity contribution in [2.75, 3.05) is 18.2 Å². The summed E-state index contributed by atoms with van der Waals surface area (Å²) < 4.78 is 6.26. The van der Waals surface area contributed by atoms with Crippen LogP contribution < -0.4 is 5.73 Å². The molecule has 0 heterocycles. The number of anilines is 1. The lowest BCUT2D eigenvalue weighted by Gasteiger charge is -2.43. The number of hydrogen-bond acceptors (Lipinski definition) is 3. The first kappa shape index (κ1) is 24.3. The second-order valence-electron chi connectivity index (χ2n) is 6.11. The molecule has 0 spiro atoms. The lowest BCUT2D eigenvalue weighted by atomic mass is 10.0. The molecule has 0 aliphatic rings. The second kappa shape index (κ2) is 10.7. The summed E-state index contributed by atoms with van der Waals surface area (Å²) in [5.74, 6) is 0. The molecule has 1 aromatic rings. The van der Waals surface area contributed by atoms with Gasteiger partial charge in [0.15, 0.2) is 0 Å². The van der Waals surface area contributed by atoms with Gasteiger partial charge < -0.3 is 15.3 Å². The monoisotopic (exact) mass is 344 g/mol. The molecule has 23 heavy (non-hydrogen) atoms. The molecular formula is C19H40N2OS. The summed E-state index contributed by atoms with van der Waals surface area (Å²) in [6.45, 7) is 16.9. The van der Waals surface area contributed by atoms with Crippen molar-refractivity contribution in [3.05, 3.63) is 29.3 Å². The second-order valence-corrected chi connectivity index (χ2v) is 10.0. The van der Waals surface area contributed by atoms with Gasteiger partial charge in [0.1, 0.15) is 0 Å². The maximum absolute atomic E-state index is 7.71. The SMILES string of the molecule is CC.CC.CC(=N)c1cccc(COS(C)(C)C(C)(C)C)c1N.[HH]. The average Bonchev–Trinajstić information content (AvgIpc) is 2.49. The van der Waals surface area contributed by atoms with E-state index in [0.717, 1.165) is 11.1 Å². The molecule has 3 N–H and O–H groups in total. The van der Waals surface area contributed by atoms with Gasteiger partial charge in [0.05, 0.1) is 6.61 Å². The number of hydrogen-bond donors (Lipinski definition) is 2. The van der Waals surface area contributed by atoms with E-state index in [1.807, 2.05) is 45.9 Å². The van der Waals surface area contributed by atoms with Gasteiger partial charge in [-0.2, -0.15) is 0 Å². The number of nitrogens with one attached hydrogen (secondary N) is 1. The molecule has 0 fully saturated rings. The highest BCUT2D eigenvalue weighted by atomic mass is 32.3. The Morgan fingerprint density at radius 2 is 1.65 bits per heavy atom. The zero-order chi connectivity index (χ0) is 18.8. The van der Waals surface area contributed by atoms with E-state index in [1.165, 1.54) is 0 Å². The van der Waals surface area contributed by atoms with Crippen molar-refractivity contribution >= 4 is 21.7 Å². The number of nitrogen functional groups attached to an aromatic ring is 1. The van der Waals surface area contributed by atoms with Crippen LogP contribution in [0.25, 0.3) is 0 Å². The summed E-state index contributed by atoms with van der Waals surface area (Å²) in [5.41, 5.74) is 9.03. The fourth-order valence-electron chi connectivity index (χ4n) is 1.45. The van der Waals surface area contributed by atoms with E-state index in [0.29, 0.717) is 18.0 Å². The lowest BCUT2D eigenvalue weighted by Crippen LogP contribution is -2.25. The Kier molecular flexibility index (Phi) is 11.3. The van der Waals surface area contributed by atoms with Crippen molar-refractivity contribution in [2.45, 2.75) is 66.7 Å². The van der Waals surface area contributed by atoms with E-state index in [-0.39, 0.29) is 6.17 Å². The molecule has 138 valence electrons. The van der Waals surface area contributed by atoms with Crippen molar-refractivity contribution in [3.63, 3.8) is 0 Å². The van der Waals surface area contributed by atoms with Crippen LogP contribution in [-0.4, -0.2) is 23.0 Å². The molecule has 0 bridgehead atoms. The lowest BCUT2D eigenvalue weighted by molar-refractivity contribution is 0.340. The molecule has 0 saturated heterocycles. The smallest absolute Gasteiger partial charge is 0.0863 e. The maximum atomic E-state index is 7.71. The minimum absolute atomic E-state index is 0. The van der Waals surface area contributed by atoms with Crippen LogP contribution in [0.1, 0.15) is 67.9 Å². The highest BCUT2D eigenvalue weighted by molar-refractivity contribution is 8.29. The molecule has 0 radical (unpaired) electrons. The summed E-state index contributed by atoms with van der Waals surface area (Å²) in [6.07, 6.45) is 4.35. The van der Waals surface area contributed by atoms with Gasteiger partial charge in [0.25, 0.3) is 0 Å². The van der Waals surface area contributed by atoms with Crippen LogP contribution in [-0.2, 0) is 10.8 Å². The summed E-state index contributed by atoms with van der Waals surface area (Å²) in [6, 6.07) is 5.78. The number of nitrogens with two attached hydrogens (primary N) is 1. The molecule has 0 aromatic heterocycles. The Morgan fingerprint density at radius 1 is 1.17 bits per heavy atom. The van der Waals surface area contributed by atoms with Crippen LogP contribution >= 0.6 is 10.3 Å². The van der Waals surface area contributed by atoms with Crippen LogP contribution in [0.3, 0.4) is 0 Å². The quantitative estimate of drug-likeness (QED) is 0.501. The zero-order valence-corrected chi connectivity index (χ0v) is 17.6. The van der Waals surface area contributed by atoms with Crippen LogP contribution in [0.4, 0.5) is 5.69 Å². The molecule has 0 atom stereocenters. The maximum Gasteiger partial charge on any atom is 0.0863 e. The van der Waals surface area contributed by atoms with Crippen LogP contribution in [0.2, 0.25) is 0 Å². The molecule has 1 aromatic carbocycles. The minimum Gasteiger partial charge on any atom is -0.398 e. The first-order chi connectivity index (χ1) is 10.6. The van der Waals surface area contributed by atoms with E-state index < -0.39 is 10.3 Å². The summed E-state index contributed by atoms with van der Waals surface area (Å²) in [7, 11) is -1.16. The van der Waals surface area contributed by atoms with E-state index in [1.54, 1.807) is 6.92 Å². The highest BCUT2D eigenvalue weighted by Crippen LogP contribution is 2.54. The number of benzene rings is 1. The Balaban J connectivity index is -0.000000817. The van der Waals surface area contributed by atoms with E-state index in [4.69, 9.17) is 15.3 Å². The Labute approximate surface area is 147 Å². The van der Waals surface area contributed by atoms with Gasteiger partial charge in [0, 0.05) is 28.7 Å². The third-order valence-corrected chi connectivity index (χ3v) is 7.24. The van der Waals surface area contributed by atoms with E-state index in [9.17, 15) is 0 Å². The van der Waals surface area contributed by atoms with Crippen LogP contribution in [0, 0.1) is 5.41 Å². The first-order valence-corrected chi connectivity index (χ1v) is 10.7. The zero-order valence-electron chi connectivity index (χ0n) is 16.8. The first-order valence-electron chi connectivity index (χ1n) is 8.36. The fraction of sp³-hybridized carbons (Fsp3) is 0.632. The van der Waals surface area contributed by atoms with Crippen molar-refractivity contribution in [2.24, 2.45) is 0 Å². The van der Waals surface area contributed by atoms with E-state index in [2.05, 4.69) is 33.3 Å². The van der Waals surface area contributed by atoms with Gasteiger partial charge in [-0.25, -0.2) is 0 Å². The standard InChI is InChI=1S/C15H26N2OS.2C2H6.H2/c1-11(16)13-9-7-8-12(14(13)17)10-18-19(5,6)15(2,3)4;2*1-2;/h7-9,16H,10,17H2,1-6H3;2*1-2H3;1H. The minimum atomic E-state index is -1.16. The van der Waals surface area contributed by atoms with Gasteiger partial charge in [-0.3, -0.25) is 0 Å². The molecule has 0 amide bonds. The predicted octanol–water partition coefficient (Wildman–Crippen LogP) is 6.25. The van der Waals surface area contributed by atoms with Gasteiger partial charge >= 0.3 is 0 Å². The Hall–Kier alpha value is -1.00. The third kappa shape index (κ3) is 7.40. The molecular weight excluding hydrogens is 304 g/mol. The summed E-state index contributed by atoms with van der Waals surface area (Å²) in [5, 5.41) is 7.71. The van der Waals surface area contributed by atoms with Gasteiger partial charge in [-0.1, -0.05) is 66.7 Å². The topological polar surface area (TPSA) is 59.1 Å². The molecule has 0 aliphatic carbocycles. The van der Waals surface area contributed by atoms with Gasteiger partial charge in [-0.05, 0) is 19.4 Å².